The molecule has 2 N–H and O–H groups in total. The summed E-state index contributed by atoms with van der Waals surface area (Å²) in [4.78, 5) is 11.6. The Labute approximate surface area is 100 Å². The molecular weight excluding hydrogens is 223 g/mol. The van der Waals surface area contributed by atoms with Crippen molar-refractivity contribution < 1.29 is 13.9 Å². The molecule has 0 saturated heterocycles. The summed E-state index contributed by atoms with van der Waals surface area (Å²) in [6.07, 6.45) is 0. The van der Waals surface area contributed by atoms with E-state index < -0.39 is 0 Å². The molecule has 0 aliphatic heterocycles. The molecule has 4 nitrogen and oxygen atoms in total. The first-order chi connectivity index (χ1) is 8.02. The zero-order chi connectivity index (χ0) is 12.8. The van der Waals surface area contributed by atoms with Gasteiger partial charge in [-0.3, -0.25) is 0 Å². The Balaban J connectivity index is 2.58. The number of amides is 2. The monoisotopic (exact) mass is 240 g/mol. The Kier molecular flexibility index (Phi) is 4.90. The van der Waals surface area contributed by atoms with Crippen molar-refractivity contribution in [3.63, 3.8) is 0 Å². The minimum Gasteiger partial charge on any atom is -0.383 e. The number of hydrogen-bond donors (Lipinski definition) is 2. The van der Waals surface area contributed by atoms with Crippen molar-refractivity contribution in [1.82, 2.24) is 5.32 Å². The van der Waals surface area contributed by atoms with E-state index >= 15 is 0 Å². The molecular formula is C12H17FN2O2. The van der Waals surface area contributed by atoms with E-state index in [0.717, 1.165) is 5.56 Å². The van der Waals surface area contributed by atoms with Crippen molar-refractivity contribution in [2.24, 2.45) is 0 Å². The molecule has 0 aliphatic carbocycles. The van der Waals surface area contributed by atoms with Crippen molar-refractivity contribution in [1.29, 1.82) is 0 Å². The van der Waals surface area contributed by atoms with E-state index in [9.17, 15) is 9.18 Å². The van der Waals surface area contributed by atoms with Gasteiger partial charge in [0.05, 0.1) is 12.6 Å². The molecule has 0 bridgehead atoms. The summed E-state index contributed by atoms with van der Waals surface area (Å²) in [5, 5.41) is 5.27. The Bertz CT molecular complexity index is 396. The molecule has 0 saturated carbocycles. The normalized spacial score (nSPS) is 12.0. The van der Waals surface area contributed by atoms with Crippen LogP contribution in [-0.4, -0.2) is 25.8 Å². The highest BCUT2D eigenvalue weighted by molar-refractivity contribution is 5.90. The van der Waals surface area contributed by atoms with Crippen LogP contribution in [0.5, 0.6) is 0 Å². The van der Waals surface area contributed by atoms with E-state index in [1.807, 2.05) is 6.92 Å². The van der Waals surface area contributed by atoms with Gasteiger partial charge in [-0.25, -0.2) is 9.18 Å². The quantitative estimate of drug-likeness (QED) is 0.848. The number of hydrogen-bond acceptors (Lipinski definition) is 2. The Morgan fingerprint density at radius 3 is 2.88 bits per heavy atom. The van der Waals surface area contributed by atoms with E-state index in [1.54, 1.807) is 20.1 Å². The fraction of sp³-hybridized carbons (Fsp3) is 0.417. The van der Waals surface area contributed by atoms with Crippen LogP contribution in [0, 0.1) is 12.7 Å². The van der Waals surface area contributed by atoms with Crippen LogP contribution in [0.4, 0.5) is 14.9 Å². The topological polar surface area (TPSA) is 50.4 Å². The second-order valence-corrected chi connectivity index (χ2v) is 3.91. The number of nitrogens with one attached hydrogen (secondary N) is 2. The number of anilines is 1. The molecule has 2 amide bonds. The van der Waals surface area contributed by atoms with E-state index in [1.165, 1.54) is 12.1 Å². The Morgan fingerprint density at radius 2 is 2.24 bits per heavy atom. The summed E-state index contributed by atoms with van der Waals surface area (Å²) in [6.45, 7) is 4.05. The van der Waals surface area contributed by atoms with Crippen LogP contribution in [0.15, 0.2) is 18.2 Å². The van der Waals surface area contributed by atoms with E-state index in [-0.39, 0.29) is 17.9 Å². The molecule has 1 rings (SSSR count). The van der Waals surface area contributed by atoms with Crippen LogP contribution in [0.2, 0.25) is 0 Å². The molecule has 0 aliphatic rings. The first-order valence-corrected chi connectivity index (χ1v) is 5.35. The van der Waals surface area contributed by atoms with Crippen LogP contribution in [-0.2, 0) is 4.74 Å². The average Bonchev–Trinajstić information content (AvgIpc) is 2.23. The number of ether oxygens (including phenoxy) is 1. The summed E-state index contributed by atoms with van der Waals surface area (Å²) in [5.74, 6) is -0.379. The second-order valence-electron chi connectivity index (χ2n) is 3.91. The SMILES string of the molecule is COCC(C)NC(=O)Nc1cc(F)ccc1C. The molecule has 0 aromatic heterocycles. The van der Waals surface area contributed by atoms with Crippen molar-refractivity contribution in [3.8, 4) is 0 Å². The lowest BCUT2D eigenvalue weighted by atomic mass is 10.2. The molecule has 5 heteroatoms. The number of urea groups is 1. The third-order valence-corrected chi connectivity index (χ3v) is 2.24. The van der Waals surface area contributed by atoms with Crippen LogP contribution in [0.3, 0.4) is 0 Å². The van der Waals surface area contributed by atoms with Crippen LogP contribution < -0.4 is 10.6 Å². The van der Waals surface area contributed by atoms with Crippen LogP contribution >= 0.6 is 0 Å². The fourth-order valence-corrected chi connectivity index (χ4v) is 1.40. The minimum atomic E-state index is -0.379. The number of carbonyl (C=O) groups excluding carboxylic acids is 1. The van der Waals surface area contributed by atoms with Crippen molar-refractivity contribution in [2.75, 3.05) is 19.0 Å². The maximum absolute atomic E-state index is 13.0. The van der Waals surface area contributed by atoms with Crippen molar-refractivity contribution in [3.05, 3.63) is 29.6 Å². The Morgan fingerprint density at radius 1 is 1.53 bits per heavy atom. The first kappa shape index (κ1) is 13.4. The number of rotatable bonds is 4. The highest BCUT2D eigenvalue weighted by atomic mass is 19.1. The van der Waals surface area contributed by atoms with Crippen molar-refractivity contribution in [2.45, 2.75) is 19.9 Å². The van der Waals surface area contributed by atoms with Gasteiger partial charge in [-0.1, -0.05) is 6.07 Å². The fourth-order valence-electron chi connectivity index (χ4n) is 1.40. The number of halogens is 1. The van der Waals surface area contributed by atoms with Gasteiger partial charge in [0.1, 0.15) is 5.82 Å². The minimum absolute atomic E-state index is 0.103. The summed E-state index contributed by atoms with van der Waals surface area (Å²) in [6, 6.07) is 3.78. The molecule has 17 heavy (non-hydrogen) atoms. The van der Waals surface area contributed by atoms with Gasteiger partial charge < -0.3 is 15.4 Å². The summed E-state index contributed by atoms with van der Waals surface area (Å²) in [7, 11) is 1.56. The average molecular weight is 240 g/mol. The third kappa shape index (κ3) is 4.40. The standard InChI is InChI=1S/C12H17FN2O2/c1-8-4-5-10(13)6-11(8)15-12(16)14-9(2)7-17-3/h4-6,9H,7H2,1-3H3,(H2,14,15,16). The maximum atomic E-state index is 13.0. The number of carbonyl (C=O) groups is 1. The lowest BCUT2D eigenvalue weighted by Gasteiger charge is -2.14. The predicted octanol–water partition coefficient (Wildman–Crippen LogP) is 2.29. The molecule has 0 heterocycles. The first-order valence-electron chi connectivity index (χ1n) is 5.35. The van der Waals surface area contributed by atoms with Crippen LogP contribution in [0.1, 0.15) is 12.5 Å². The molecule has 1 atom stereocenters. The summed E-state index contributed by atoms with van der Waals surface area (Å²) in [5.41, 5.74) is 1.27. The maximum Gasteiger partial charge on any atom is 0.319 e. The molecule has 0 spiro atoms. The largest absolute Gasteiger partial charge is 0.383 e. The van der Waals surface area contributed by atoms with Gasteiger partial charge in [0.25, 0.3) is 0 Å². The van der Waals surface area contributed by atoms with Crippen LogP contribution in [0.25, 0.3) is 0 Å². The Hall–Kier alpha value is -1.62. The van der Waals surface area contributed by atoms with E-state index in [2.05, 4.69) is 10.6 Å². The van der Waals surface area contributed by atoms with Gasteiger partial charge >= 0.3 is 6.03 Å². The molecule has 0 fully saturated rings. The smallest absolute Gasteiger partial charge is 0.319 e. The van der Waals surface area contributed by atoms with Crippen molar-refractivity contribution >= 4 is 11.7 Å². The van der Waals surface area contributed by atoms with Gasteiger partial charge in [0.2, 0.25) is 0 Å². The van der Waals surface area contributed by atoms with Gasteiger partial charge in [-0.15, -0.1) is 0 Å². The lowest BCUT2D eigenvalue weighted by Crippen LogP contribution is -2.38. The van der Waals surface area contributed by atoms with Gasteiger partial charge in [0, 0.05) is 12.8 Å². The summed E-state index contributed by atoms with van der Waals surface area (Å²) >= 11 is 0. The zero-order valence-electron chi connectivity index (χ0n) is 10.2. The molecule has 1 aromatic carbocycles. The number of aryl methyl sites for hydroxylation is 1. The third-order valence-electron chi connectivity index (χ3n) is 2.24. The molecule has 94 valence electrons. The highest BCUT2D eigenvalue weighted by Crippen LogP contribution is 2.15. The second kappa shape index (κ2) is 6.20. The molecule has 1 unspecified atom stereocenters. The number of methoxy groups -OCH3 is 1. The lowest BCUT2D eigenvalue weighted by molar-refractivity contribution is 0.173. The summed E-state index contributed by atoms with van der Waals surface area (Å²) < 4.78 is 17.9. The van der Waals surface area contributed by atoms with E-state index in [4.69, 9.17) is 4.74 Å². The van der Waals surface area contributed by atoms with Gasteiger partial charge in [0.15, 0.2) is 0 Å². The number of benzene rings is 1. The van der Waals surface area contributed by atoms with E-state index in [0.29, 0.717) is 12.3 Å². The van der Waals surface area contributed by atoms with Gasteiger partial charge in [-0.2, -0.15) is 0 Å². The molecule has 1 aromatic rings. The molecule has 0 radical (unpaired) electrons. The zero-order valence-corrected chi connectivity index (χ0v) is 10.2. The highest BCUT2D eigenvalue weighted by Gasteiger charge is 2.08. The van der Waals surface area contributed by atoms with Gasteiger partial charge in [-0.05, 0) is 31.5 Å². The predicted molar refractivity (Wildman–Crippen MR) is 64.6 cm³/mol.